The Bertz CT molecular complexity index is 495. The molecule has 2 N–H and O–H groups in total. The highest BCUT2D eigenvalue weighted by Gasteiger charge is 2.28. The largest absolute Gasteiger partial charge is 0.452 e. The fraction of sp³-hybridized carbons (Fsp3) is 0.571. The first-order valence-corrected chi connectivity index (χ1v) is 7.42. The number of carbonyl (C=O) groups is 2. The summed E-state index contributed by atoms with van der Waals surface area (Å²) in [5.41, 5.74) is 0.363. The van der Waals surface area contributed by atoms with Crippen molar-refractivity contribution >= 4 is 23.4 Å². The molecule has 1 aromatic heterocycles. The number of likely N-dealkylation sites (tertiary alicyclic amines) is 1. The highest BCUT2D eigenvalue weighted by Crippen LogP contribution is 2.23. The summed E-state index contributed by atoms with van der Waals surface area (Å²) in [6.45, 7) is 1.61. The molecule has 0 saturated carbocycles. The van der Waals surface area contributed by atoms with Gasteiger partial charge in [0.05, 0.1) is 11.8 Å². The first-order valence-electron chi connectivity index (χ1n) is 7.04. The molecular weight excluding hydrogens is 296 g/mol. The van der Waals surface area contributed by atoms with Gasteiger partial charge in [0.15, 0.2) is 0 Å². The zero-order chi connectivity index (χ0) is 15.2. The second-order valence-corrected chi connectivity index (χ2v) is 5.39. The Morgan fingerprint density at radius 3 is 2.71 bits per heavy atom. The fourth-order valence-corrected chi connectivity index (χ4v) is 2.59. The van der Waals surface area contributed by atoms with Gasteiger partial charge < -0.3 is 19.7 Å². The van der Waals surface area contributed by atoms with Crippen molar-refractivity contribution in [1.29, 1.82) is 0 Å². The zero-order valence-electron chi connectivity index (χ0n) is 11.7. The van der Waals surface area contributed by atoms with E-state index in [1.54, 1.807) is 11.0 Å². The first-order chi connectivity index (χ1) is 10.1. The normalized spacial score (nSPS) is 16.0. The average Bonchev–Trinajstić information content (AvgIpc) is 2.93. The maximum atomic E-state index is 12.2. The molecule has 1 fully saturated rings. The van der Waals surface area contributed by atoms with Crippen LogP contribution >= 0.6 is 11.6 Å². The number of rotatable bonds is 5. The van der Waals surface area contributed by atoms with E-state index < -0.39 is 0 Å². The Balaban J connectivity index is 1.82. The van der Waals surface area contributed by atoms with Crippen molar-refractivity contribution in [1.82, 2.24) is 10.2 Å². The number of aliphatic hydroxyl groups is 1. The van der Waals surface area contributed by atoms with Crippen LogP contribution in [0.15, 0.2) is 16.7 Å². The number of furan rings is 1. The van der Waals surface area contributed by atoms with Crippen LogP contribution in [-0.4, -0.2) is 48.1 Å². The van der Waals surface area contributed by atoms with Gasteiger partial charge in [0, 0.05) is 32.2 Å². The van der Waals surface area contributed by atoms with E-state index in [1.165, 1.54) is 6.26 Å². The molecule has 0 unspecified atom stereocenters. The molecule has 0 spiro atoms. The molecule has 0 radical (unpaired) electrons. The van der Waals surface area contributed by atoms with Crippen LogP contribution in [0.3, 0.4) is 0 Å². The SMILES string of the molecule is O=C(NCCCO)C1CCN(C(=O)c2ccoc2Cl)CC1. The van der Waals surface area contributed by atoms with Crippen molar-refractivity contribution < 1.29 is 19.1 Å². The van der Waals surface area contributed by atoms with Gasteiger partial charge in [-0.1, -0.05) is 0 Å². The third-order valence-electron chi connectivity index (χ3n) is 3.64. The minimum absolute atomic E-state index is 0.00288. The fourth-order valence-electron chi connectivity index (χ4n) is 2.40. The molecular formula is C14H19ClN2O4. The van der Waals surface area contributed by atoms with Crippen molar-refractivity contribution in [2.75, 3.05) is 26.2 Å². The molecule has 2 heterocycles. The van der Waals surface area contributed by atoms with Crippen LogP contribution in [0.25, 0.3) is 0 Å². The molecule has 6 nitrogen and oxygen atoms in total. The molecule has 1 saturated heterocycles. The van der Waals surface area contributed by atoms with E-state index in [0.29, 0.717) is 44.5 Å². The highest BCUT2D eigenvalue weighted by molar-refractivity contribution is 6.32. The van der Waals surface area contributed by atoms with E-state index in [9.17, 15) is 9.59 Å². The van der Waals surface area contributed by atoms with E-state index in [4.69, 9.17) is 21.1 Å². The lowest BCUT2D eigenvalue weighted by Gasteiger charge is -2.31. The molecule has 0 atom stereocenters. The van der Waals surface area contributed by atoms with E-state index in [-0.39, 0.29) is 29.6 Å². The monoisotopic (exact) mass is 314 g/mol. The van der Waals surface area contributed by atoms with Crippen LogP contribution in [0.2, 0.25) is 5.22 Å². The van der Waals surface area contributed by atoms with Crippen molar-refractivity contribution in [2.24, 2.45) is 5.92 Å². The second-order valence-electron chi connectivity index (χ2n) is 5.04. The Labute approximate surface area is 128 Å². The molecule has 1 aromatic rings. The van der Waals surface area contributed by atoms with E-state index >= 15 is 0 Å². The molecule has 0 aromatic carbocycles. The van der Waals surface area contributed by atoms with Gasteiger partial charge in [-0.2, -0.15) is 0 Å². The summed E-state index contributed by atoms with van der Waals surface area (Å²) in [7, 11) is 0. The zero-order valence-corrected chi connectivity index (χ0v) is 12.4. The van der Waals surface area contributed by atoms with Crippen LogP contribution in [0.4, 0.5) is 0 Å². The number of halogens is 1. The molecule has 2 rings (SSSR count). The first kappa shape index (κ1) is 15.9. The summed E-state index contributed by atoms with van der Waals surface area (Å²) in [5, 5.41) is 11.6. The maximum absolute atomic E-state index is 12.2. The van der Waals surface area contributed by atoms with E-state index in [0.717, 1.165) is 0 Å². The lowest BCUT2D eigenvalue weighted by molar-refractivity contribution is -0.126. The quantitative estimate of drug-likeness (QED) is 0.802. The number of piperidine rings is 1. The smallest absolute Gasteiger partial charge is 0.258 e. The van der Waals surface area contributed by atoms with Crippen LogP contribution in [0.1, 0.15) is 29.6 Å². The van der Waals surface area contributed by atoms with Gasteiger partial charge in [-0.05, 0) is 36.9 Å². The minimum atomic E-state index is -0.159. The van der Waals surface area contributed by atoms with Crippen molar-refractivity contribution in [3.05, 3.63) is 23.1 Å². The van der Waals surface area contributed by atoms with Crippen molar-refractivity contribution in [3.8, 4) is 0 Å². The Hall–Kier alpha value is -1.53. The highest BCUT2D eigenvalue weighted by atomic mass is 35.5. The van der Waals surface area contributed by atoms with Crippen molar-refractivity contribution in [3.63, 3.8) is 0 Å². The van der Waals surface area contributed by atoms with Gasteiger partial charge in [0.1, 0.15) is 0 Å². The lowest BCUT2D eigenvalue weighted by atomic mass is 9.95. The summed E-state index contributed by atoms with van der Waals surface area (Å²) >= 11 is 5.81. The Morgan fingerprint density at radius 1 is 1.43 bits per heavy atom. The van der Waals surface area contributed by atoms with Gasteiger partial charge in [-0.25, -0.2) is 0 Å². The minimum Gasteiger partial charge on any atom is -0.452 e. The summed E-state index contributed by atoms with van der Waals surface area (Å²) < 4.78 is 4.92. The summed E-state index contributed by atoms with van der Waals surface area (Å²) in [6.07, 6.45) is 3.21. The molecule has 1 aliphatic heterocycles. The third kappa shape index (κ3) is 3.98. The number of nitrogens with zero attached hydrogens (tertiary/aromatic N) is 1. The van der Waals surface area contributed by atoms with E-state index in [1.807, 2.05) is 0 Å². The maximum Gasteiger partial charge on any atom is 0.258 e. The van der Waals surface area contributed by atoms with Crippen LogP contribution in [-0.2, 0) is 4.79 Å². The van der Waals surface area contributed by atoms with Gasteiger partial charge in [-0.15, -0.1) is 0 Å². The summed E-state index contributed by atoms with van der Waals surface area (Å²) in [6, 6.07) is 1.55. The molecule has 21 heavy (non-hydrogen) atoms. The average molecular weight is 315 g/mol. The van der Waals surface area contributed by atoms with Gasteiger partial charge >= 0.3 is 0 Å². The molecule has 7 heteroatoms. The molecule has 116 valence electrons. The number of hydrogen-bond donors (Lipinski definition) is 2. The standard InChI is InChI=1S/C14H19ClN2O4/c15-12-11(4-9-21-12)14(20)17-6-2-10(3-7-17)13(19)16-5-1-8-18/h4,9-10,18H,1-3,5-8H2,(H,16,19). The number of amides is 2. The number of nitrogens with one attached hydrogen (secondary N) is 1. The van der Waals surface area contributed by atoms with Crippen molar-refractivity contribution in [2.45, 2.75) is 19.3 Å². The Kier molecular flexibility index (Phi) is 5.64. The van der Waals surface area contributed by atoms with Gasteiger partial charge in [0.2, 0.25) is 11.1 Å². The van der Waals surface area contributed by atoms with Crippen LogP contribution in [0, 0.1) is 5.92 Å². The molecule has 0 aliphatic carbocycles. The predicted molar refractivity (Wildman–Crippen MR) is 77.1 cm³/mol. The topological polar surface area (TPSA) is 82.8 Å². The van der Waals surface area contributed by atoms with Crippen LogP contribution in [0.5, 0.6) is 0 Å². The van der Waals surface area contributed by atoms with E-state index in [2.05, 4.69) is 5.32 Å². The summed E-state index contributed by atoms with van der Waals surface area (Å²) in [5.74, 6) is -0.239. The molecule has 0 bridgehead atoms. The second kappa shape index (κ2) is 7.47. The molecule has 2 amide bonds. The lowest BCUT2D eigenvalue weighted by Crippen LogP contribution is -2.43. The number of hydrogen-bond acceptors (Lipinski definition) is 4. The van der Waals surface area contributed by atoms with Gasteiger partial charge in [-0.3, -0.25) is 9.59 Å². The van der Waals surface area contributed by atoms with Crippen LogP contribution < -0.4 is 5.32 Å². The Morgan fingerprint density at radius 2 is 2.14 bits per heavy atom. The van der Waals surface area contributed by atoms with Gasteiger partial charge in [0.25, 0.3) is 5.91 Å². The third-order valence-corrected chi connectivity index (χ3v) is 3.93. The number of carbonyl (C=O) groups excluding carboxylic acids is 2. The predicted octanol–water partition coefficient (Wildman–Crippen LogP) is 1.28. The number of aliphatic hydroxyl groups excluding tert-OH is 1. The molecule has 1 aliphatic rings. The summed E-state index contributed by atoms with van der Waals surface area (Å²) in [4.78, 5) is 25.8.